The molecule has 1 unspecified atom stereocenters. The molecule has 6 heteroatoms. The minimum absolute atomic E-state index is 0.299. The molecule has 0 aliphatic carbocycles. The Labute approximate surface area is 105 Å². The number of hydrogen-bond acceptors (Lipinski definition) is 6. The molecular formula is C12H17N3O3. The number of ether oxygens (including phenoxy) is 2. The van der Waals surface area contributed by atoms with Gasteiger partial charge in [0.05, 0.1) is 31.6 Å². The van der Waals surface area contributed by atoms with Gasteiger partial charge in [0.1, 0.15) is 0 Å². The third-order valence-corrected chi connectivity index (χ3v) is 3.18. The van der Waals surface area contributed by atoms with Gasteiger partial charge in [-0.1, -0.05) is 0 Å². The van der Waals surface area contributed by atoms with Crippen molar-refractivity contribution >= 4 is 17.5 Å². The molecular weight excluding hydrogens is 234 g/mol. The topological polar surface area (TPSA) is 94.0 Å². The van der Waals surface area contributed by atoms with Crippen LogP contribution in [-0.2, 0) is 0 Å². The summed E-state index contributed by atoms with van der Waals surface area (Å²) in [6.07, 6.45) is 3.23. The third kappa shape index (κ3) is 1.53. The second-order valence-corrected chi connectivity index (χ2v) is 4.09. The zero-order valence-corrected chi connectivity index (χ0v) is 10.6. The van der Waals surface area contributed by atoms with E-state index in [1.54, 1.807) is 6.08 Å². The number of methoxy groups -OCH3 is 2. The number of rotatable bonds is 2. The standard InChI is InChI=1S/C12H17N3O3/c1-6-8-7(4-5-15(6)16)9(13)11(17-2)12(18-3)10(8)14/h4-6,16H,13-14H2,1-3H3. The van der Waals surface area contributed by atoms with E-state index < -0.39 is 0 Å². The van der Waals surface area contributed by atoms with Crippen molar-refractivity contribution in [3.05, 3.63) is 17.3 Å². The number of hydrogen-bond donors (Lipinski definition) is 3. The zero-order valence-electron chi connectivity index (χ0n) is 10.6. The molecule has 1 aliphatic rings. The fourth-order valence-corrected chi connectivity index (χ4v) is 2.23. The summed E-state index contributed by atoms with van der Waals surface area (Å²) in [5.74, 6) is 0.807. The average Bonchev–Trinajstić information content (AvgIpc) is 2.36. The molecule has 6 nitrogen and oxygen atoms in total. The van der Waals surface area contributed by atoms with Crippen molar-refractivity contribution in [2.24, 2.45) is 0 Å². The van der Waals surface area contributed by atoms with Gasteiger partial charge in [-0.25, -0.2) is 0 Å². The van der Waals surface area contributed by atoms with Crippen LogP contribution in [0.3, 0.4) is 0 Å². The van der Waals surface area contributed by atoms with Gasteiger partial charge in [-0.15, -0.1) is 0 Å². The average molecular weight is 251 g/mol. The molecule has 1 heterocycles. The molecule has 0 saturated carbocycles. The molecule has 0 spiro atoms. The second kappa shape index (κ2) is 4.30. The summed E-state index contributed by atoms with van der Waals surface area (Å²) in [6.45, 7) is 1.82. The summed E-state index contributed by atoms with van der Waals surface area (Å²) < 4.78 is 10.5. The van der Waals surface area contributed by atoms with Gasteiger partial charge in [0.15, 0.2) is 11.5 Å². The Morgan fingerprint density at radius 2 is 1.72 bits per heavy atom. The van der Waals surface area contributed by atoms with Crippen LogP contribution in [0.25, 0.3) is 6.08 Å². The van der Waals surface area contributed by atoms with Crippen LogP contribution in [0.5, 0.6) is 11.5 Å². The van der Waals surface area contributed by atoms with Gasteiger partial charge in [0.2, 0.25) is 0 Å². The van der Waals surface area contributed by atoms with Crippen molar-refractivity contribution in [3.63, 3.8) is 0 Å². The van der Waals surface area contributed by atoms with Crippen LogP contribution >= 0.6 is 0 Å². The highest BCUT2D eigenvalue weighted by molar-refractivity contribution is 5.85. The van der Waals surface area contributed by atoms with E-state index in [1.807, 2.05) is 6.92 Å². The van der Waals surface area contributed by atoms with Gasteiger partial charge in [-0.3, -0.25) is 10.3 Å². The number of benzene rings is 1. The second-order valence-electron chi connectivity index (χ2n) is 4.09. The first kappa shape index (κ1) is 12.4. The summed E-state index contributed by atoms with van der Waals surface area (Å²) in [4.78, 5) is 0. The number of anilines is 2. The normalized spacial score (nSPS) is 17.6. The Kier molecular flexibility index (Phi) is 2.96. The minimum atomic E-state index is -0.299. The van der Waals surface area contributed by atoms with Gasteiger partial charge in [0, 0.05) is 17.3 Å². The van der Waals surface area contributed by atoms with Crippen LogP contribution in [0.1, 0.15) is 24.1 Å². The molecule has 0 radical (unpaired) electrons. The largest absolute Gasteiger partial charge is 0.491 e. The highest BCUT2D eigenvalue weighted by Crippen LogP contribution is 2.48. The summed E-state index contributed by atoms with van der Waals surface area (Å²) in [5.41, 5.74) is 14.5. The van der Waals surface area contributed by atoms with Crippen LogP contribution in [-0.4, -0.2) is 24.5 Å². The van der Waals surface area contributed by atoms with Gasteiger partial charge >= 0.3 is 0 Å². The van der Waals surface area contributed by atoms with Crippen molar-refractivity contribution in [3.8, 4) is 11.5 Å². The smallest absolute Gasteiger partial charge is 0.186 e. The summed E-state index contributed by atoms with van der Waals surface area (Å²) in [7, 11) is 3.01. The highest BCUT2D eigenvalue weighted by atomic mass is 16.5. The number of nitrogens with two attached hydrogens (primary N) is 2. The van der Waals surface area contributed by atoms with E-state index in [0.29, 0.717) is 22.9 Å². The first-order valence-electron chi connectivity index (χ1n) is 5.51. The lowest BCUT2D eigenvalue weighted by molar-refractivity contribution is -0.0753. The molecule has 18 heavy (non-hydrogen) atoms. The van der Waals surface area contributed by atoms with E-state index >= 15 is 0 Å². The Bertz CT molecular complexity index is 514. The summed E-state index contributed by atoms with van der Waals surface area (Å²) in [5, 5.41) is 10.8. The zero-order chi connectivity index (χ0) is 13.4. The van der Waals surface area contributed by atoms with E-state index in [2.05, 4.69) is 0 Å². The van der Waals surface area contributed by atoms with Gasteiger partial charge in [0.25, 0.3) is 0 Å². The molecule has 2 rings (SSSR count). The predicted molar refractivity (Wildman–Crippen MR) is 69.4 cm³/mol. The van der Waals surface area contributed by atoms with Crippen molar-refractivity contribution in [1.29, 1.82) is 0 Å². The maximum atomic E-state index is 9.71. The summed E-state index contributed by atoms with van der Waals surface area (Å²) >= 11 is 0. The first-order valence-corrected chi connectivity index (χ1v) is 5.51. The van der Waals surface area contributed by atoms with Gasteiger partial charge in [-0.2, -0.15) is 0 Å². The summed E-state index contributed by atoms with van der Waals surface area (Å²) in [6, 6.07) is -0.299. The predicted octanol–water partition coefficient (Wildman–Crippen LogP) is 1.60. The van der Waals surface area contributed by atoms with Crippen molar-refractivity contribution in [2.75, 3.05) is 25.7 Å². The lowest BCUT2D eigenvalue weighted by Crippen LogP contribution is -2.23. The molecule has 1 aliphatic heterocycles. The van der Waals surface area contributed by atoms with Crippen LogP contribution in [0.4, 0.5) is 11.4 Å². The van der Waals surface area contributed by atoms with Crippen LogP contribution in [0.2, 0.25) is 0 Å². The molecule has 0 aromatic heterocycles. The van der Waals surface area contributed by atoms with E-state index in [4.69, 9.17) is 20.9 Å². The van der Waals surface area contributed by atoms with Gasteiger partial charge < -0.3 is 20.9 Å². The van der Waals surface area contributed by atoms with Crippen LogP contribution in [0.15, 0.2) is 6.20 Å². The van der Waals surface area contributed by atoms with E-state index in [1.165, 1.54) is 20.4 Å². The maximum absolute atomic E-state index is 9.71. The van der Waals surface area contributed by atoms with E-state index in [0.717, 1.165) is 16.2 Å². The molecule has 1 aromatic carbocycles. The Hall–Kier alpha value is -2.08. The molecule has 1 atom stereocenters. The number of nitrogen functional groups attached to an aromatic ring is 2. The first-order chi connectivity index (χ1) is 8.52. The van der Waals surface area contributed by atoms with Gasteiger partial charge in [-0.05, 0) is 13.0 Å². The maximum Gasteiger partial charge on any atom is 0.186 e. The molecule has 0 saturated heterocycles. The molecule has 5 N–H and O–H groups in total. The molecule has 0 fully saturated rings. The van der Waals surface area contributed by atoms with E-state index in [9.17, 15) is 5.21 Å². The highest BCUT2D eigenvalue weighted by Gasteiger charge is 2.28. The number of fused-ring (bicyclic) bond motifs is 1. The number of nitrogens with zero attached hydrogens (tertiary/aromatic N) is 1. The fourth-order valence-electron chi connectivity index (χ4n) is 2.23. The van der Waals surface area contributed by atoms with E-state index in [-0.39, 0.29) is 6.04 Å². The lowest BCUT2D eigenvalue weighted by Gasteiger charge is -2.30. The molecule has 0 amide bonds. The quantitative estimate of drug-likeness (QED) is 0.691. The Morgan fingerprint density at radius 3 is 2.28 bits per heavy atom. The molecule has 1 aromatic rings. The van der Waals surface area contributed by atoms with Crippen molar-refractivity contribution in [2.45, 2.75) is 13.0 Å². The number of hydroxylamine groups is 2. The SMILES string of the molecule is COc1c(N)c2c(c(N)c1OC)C(C)N(O)C=C2. The van der Waals surface area contributed by atoms with Crippen LogP contribution in [0, 0.1) is 0 Å². The minimum Gasteiger partial charge on any atom is -0.491 e. The Balaban J connectivity index is 2.79. The fraction of sp³-hybridized carbons (Fsp3) is 0.333. The molecule has 0 bridgehead atoms. The monoisotopic (exact) mass is 251 g/mol. The Morgan fingerprint density at radius 1 is 1.17 bits per heavy atom. The lowest BCUT2D eigenvalue weighted by atomic mass is 9.94. The third-order valence-electron chi connectivity index (χ3n) is 3.18. The van der Waals surface area contributed by atoms with Crippen molar-refractivity contribution < 1.29 is 14.7 Å². The molecule has 98 valence electrons. The van der Waals surface area contributed by atoms with Crippen LogP contribution < -0.4 is 20.9 Å². The van der Waals surface area contributed by atoms with Crippen molar-refractivity contribution in [1.82, 2.24) is 5.06 Å².